The van der Waals surface area contributed by atoms with Crippen molar-refractivity contribution in [1.82, 2.24) is 9.55 Å². The Morgan fingerprint density at radius 2 is 1.85 bits per heavy atom. The molecule has 0 spiro atoms. The molecule has 4 rings (SSSR count). The van der Waals surface area contributed by atoms with Crippen molar-refractivity contribution in [2.75, 3.05) is 12.0 Å². The molecule has 0 amide bonds. The molecule has 5 heteroatoms. The van der Waals surface area contributed by atoms with Gasteiger partial charge >= 0.3 is 0 Å². The SMILES string of the molecule is C=C1CCC(C(=O)c2nccn2-c2ccccc2)N1c1ccc(OC)cc1. The fourth-order valence-electron chi connectivity index (χ4n) is 3.56. The minimum Gasteiger partial charge on any atom is -0.497 e. The van der Waals surface area contributed by atoms with E-state index in [1.165, 1.54) is 0 Å². The summed E-state index contributed by atoms with van der Waals surface area (Å²) in [5.41, 5.74) is 2.80. The van der Waals surface area contributed by atoms with Crippen LogP contribution in [-0.4, -0.2) is 28.5 Å². The number of para-hydroxylation sites is 1. The Morgan fingerprint density at radius 1 is 1.11 bits per heavy atom. The second-order valence-corrected chi connectivity index (χ2v) is 6.51. The minimum atomic E-state index is -0.309. The molecule has 1 aromatic heterocycles. The lowest BCUT2D eigenvalue weighted by atomic mass is 10.1. The highest BCUT2D eigenvalue weighted by Crippen LogP contribution is 2.34. The standard InChI is InChI=1S/C22H21N3O2/c1-16-8-13-20(25(16)18-9-11-19(27-2)12-10-18)21(26)22-23-14-15-24(22)17-6-4-3-5-7-17/h3-7,9-12,14-15,20H,1,8,13H2,2H3. The highest BCUT2D eigenvalue weighted by atomic mass is 16.5. The fourth-order valence-corrected chi connectivity index (χ4v) is 3.56. The molecule has 1 fully saturated rings. The number of aromatic nitrogens is 2. The number of hydrogen-bond donors (Lipinski definition) is 0. The first-order valence-corrected chi connectivity index (χ1v) is 8.93. The number of ether oxygens (including phenoxy) is 1. The van der Waals surface area contributed by atoms with Crippen LogP contribution >= 0.6 is 0 Å². The van der Waals surface area contributed by atoms with Crippen molar-refractivity contribution in [2.24, 2.45) is 0 Å². The quantitative estimate of drug-likeness (QED) is 0.639. The van der Waals surface area contributed by atoms with Gasteiger partial charge in [0.1, 0.15) is 11.8 Å². The summed E-state index contributed by atoms with van der Waals surface area (Å²) in [5.74, 6) is 1.23. The van der Waals surface area contributed by atoms with Gasteiger partial charge in [-0.25, -0.2) is 4.98 Å². The number of allylic oxidation sites excluding steroid dienone is 1. The van der Waals surface area contributed by atoms with Gasteiger partial charge < -0.3 is 9.64 Å². The van der Waals surface area contributed by atoms with Crippen molar-refractivity contribution in [1.29, 1.82) is 0 Å². The van der Waals surface area contributed by atoms with Gasteiger partial charge in [0.05, 0.1) is 7.11 Å². The zero-order valence-corrected chi connectivity index (χ0v) is 15.2. The van der Waals surface area contributed by atoms with E-state index in [1.807, 2.05) is 70.3 Å². The molecule has 136 valence electrons. The fraction of sp³-hybridized carbons (Fsp3) is 0.182. The van der Waals surface area contributed by atoms with Crippen LogP contribution in [0.2, 0.25) is 0 Å². The predicted octanol–water partition coefficient (Wildman–Crippen LogP) is 4.25. The number of ketones is 1. The largest absolute Gasteiger partial charge is 0.497 e. The summed E-state index contributed by atoms with van der Waals surface area (Å²) < 4.78 is 7.08. The smallest absolute Gasteiger partial charge is 0.221 e. The summed E-state index contributed by atoms with van der Waals surface area (Å²) >= 11 is 0. The van der Waals surface area contributed by atoms with Crippen molar-refractivity contribution in [2.45, 2.75) is 18.9 Å². The van der Waals surface area contributed by atoms with E-state index >= 15 is 0 Å². The van der Waals surface area contributed by atoms with Crippen LogP contribution in [0.25, 0.3) is 5.69 Å². The first kappa shape index (κ1) is 17.1. The van der Waals surface area contributed by atoms with Gasteiger partial charge in [0.15, 0.2) is 5.82 Å². The highest BCUT2D eigenvalue weighted by Gasteiger charge is 2.36. The molecule has 1 atom stereocenters. The van der Waals surface area contributed by atoms with Gasteiger partial charge in [-0.15, -0.1) is 0 Å². The monoisotopic (exact) mass is 359 g/mol. The Hall–Kier alpha value is -3.34. The third-order valence-electron chi connectivity index (χ3n) is 4.91. The van der Waals surface area contributed by atoms with Gasteiger partial charge in [-0.3, -0.25) is 9.36 Å². The summed E-state index contributed by atoms with van der Waals surface area (Å²) in [6.45, 7) is 4.16. The maximum absolute atomic E-state index is 13.4. The van der Waals surface area contributed by atoms with Crippen LogP contribution in [-0.2, 0) is 0 Å². The lowest BCUT2D eigenvalue weighted by Crippen LogP contribution is -2.36. The maximum atomic E-state index is 13.4. The van der Waals surface area contributed by atoms with Crippen molar-refractivity contribution in [3.05, 3.63) is 85.1 Å². The number of Topliss-reactive ketones (excluding diaryl/α,β-unsaturated/α-hetero) is 1. The van der Waals surface area contributed by atoms with Gasteiger partial charge in [-0.2, -0.15) is 0 Å². The zero-order valence-electron chi connectivity index (χ0n) is 15.2. The second kappa shape index (κ2) is 7.11. The van der Waals surface area contributed by atoms with Gasteiger partial charge in [-0.1, -0.05) is 24.8 Å². The molecule has 1 aliphatic heterocycles. The number of benzene rings is 2. The van der Waals surface area contributed by atoms with E-state index in [4.69, 9.17) is 4.74 Å². The number of carbonyl (C=O) groups is 1. The van der Waals surface area contributed by atoms with E-state index in [9.17, 15) is 4.79 Å². The Balaban J connectivity index is 1.67. The predicted molar refractivity (Wildman–Crippen MR) is 106 cm³/mol. The summed E-state index contributed by atoms with van der Waals surface area (Å²) in [4.78, 5) is 19.7. The Labute approximate surface area is 158 Å². The molecule has 5 nitrogen and oxygen atoms in total. The van der Waals surface area contributed by atoms with Crippen LogP contribution in [0.4, 0.5) is 5.69 Å². The molecular weight excluding hydrogens is 338 g/mol. The first-order chi connectivity index (χ1) is 13.2. The number of rotatable bonds is 5. The maximum Gasteiger partial charge on any atom is 0.221 e. The number of carbonyl (C=O) groups excluding carboxylic acids is 1. The van der Waals surface area contributed by atoms with E-state index in [1.54, 1.807) is 13.3 Å². The molecule has 1 unspecified atom stereocenters. The van der Waals surface area contributed by atoms with Crippen LogP contribution in [0.1, 0.15) is 23.5 Å². The van der Waals surface area contributed by atoms with Crippen LogP contribution in [0, 0.1) is 0 Å². The van der Waals surface area contributed by atoms with Crippen LogP contribution in [0.3, 0.4) is 0 Å². The lowest BCUT2D eigenvalue weighted by molar-refractivity contribution is 0.0951. The summed E-state index contributed by atoms with van der Waals surface area (Å²) in [6.07, 6.45) is 5.01. The minimum absolute atomic E-state index is 0.00155. The molecule has 27 heavy (non-hydrogen) atoms. The van der Waals surface area contributed by atoms with Gasteiger partial charge in [-0.05, 0) is 49.2 Å². The average Bonchev–Trinajstić information content (AvgIpc) is 3.35. The zero-order chi connectivity index (χ0) is 18.8. The van der Waals surface area contributed by atoms with E-state index < -0.39 is 0 Å². The number of hydrogen-bond acceptors (Lipinski definition) is 4. The summed E-state index contributed by atoms with van der Waals surface area (Å²) in [5, 5.41) is 0. The van der Waals surface area contributed by atoms with Gasteiger partial charge in [0.25, 0.3) is 0 Å². The Morgan fingerprint density at radius 3 is 2.56 bits per heavy atom. The molecule has 1 saturated heterocycles. The van der Waals surface area contributed by atoms with Crippen molar-refractivity contribution in [3.8, 4) is 11.4 Å². The van der Waals surface area contributed by atoms with Gasteiger partial charge in [0.2, 0.25) is 5.78 Å². The molecule has 0 saturated carbocycles. The molecule has 0 radical (unpaired) electrons. The number of nitrogens with zero attached hydrogens (tertiary/aromatic N) is 3. The topological polar surface area (TPSA) is 47.4 Å². The second-order valence-electron chi connectivity index (χ2n) is 6.51. The lowest BCUT2D eigenvalue weighted by Gasteiger charge is -2.26. The number of anilines is 1. The normalized spacial score (nSPS) is 16.6. The van der Waals surface area contributed by atoms with E-state index in [2.05, 4.69) is 11.6 Å². The van der Waals surface area contributed by atoms with E-state index in [0.29, 0.717) is 5.82 Å². The highest BCUT2D eigenvalue weighted by molar-refractivity contribution is 6.00. The average molecular weight is 359 g/mol. The van der Waals surface area contributed by atoms with Gasteiger partial charge in [0, 0.05) is 29.5 Å². The molecule has 2 aromatic carbocycles. The number of methoxy groups -OCH3 is 1. The van der Waals surface area contributed by atoms with E-state index in [0.717, 1.165) is 35.7 Å². The van der Waals surface area contributed by atoms with Crippen molar-refractivity contribution in [3.63, 3.8) is 0 Å². The number of imidazole rings is 1. The van der Waals surface area contributed by atoms with Crippen LogP contribution in [0.15, 0.2) is 79.3 Å². The molecule has 0 N–H and O–H groups in total. The Kier molecular flexibility index (Phi) is 4.50. The molecular formula is C22H21N3O2. The Bertz CT molecular complexity index is 961. The molecule has 0 aliphatic carbocycles. The van der Waals surface area contributed by atoms with Crippen LogP contribution in [0.5, 0.6) is 5.75 Å². The molecule has 1 aliphatic rings. The van der Waals surface area contributed by atoms with Crippen molar-refractivity contribution >= 4 is 11.5 Å². The summed E-state index contributed by atoms with van der Waals surface area (Å²) in [6, 6.07) is 17.2. The van der Waals surface area contributed by atoms with Crippen molar-refractivity contribution < 1.29 is 9.53 Å². The third-order valence-corrected chi connectivity index (χ3v) is 4.91. The van der Waals surface area contributed by atoms with E-state index in [-0.39, 0.29) is 11.8 Å². The first-order valence-electron chi connectivity index (χ1n) is 8.93. The third kappa shape index (κ3) is 3.12. The van der Waals surface area contributed by atoms with Crippen LogP contribution < -0.4 is 9.64 Å². The molecule has 0 bridgehead atoms. The summed E-state index contributed by atoms with van der Waals surface area (Å²) in [7, 11) is 1.64. The molecule has 2 heterocycles. The molecule has 3 aromatic rings.